The van der Waals surface area contributed by atoms with Crippen LogP contribution in [0.4, 0.5) is 0 Å². The van der Waals surface area contributed by atoms with Crippen molar-refractivity contribution in [3.8, 4) is 0 Å². The van der Waals surface area contributed by atoms with Crippen molar-refractivity contribution in [3.63, 3.8) is 0 Å². The largest absolute Gasteiger partial charge is 0.351 e. The van der Waals surface area contributed by atoms with E-state index in [1.54, 1.807) is 0 Å². The highest BCUT2D eigenvalue weighted by molar-refractivity contribution is 5.82. The van der Waals surface area contributed by atoms with Crippen molar-refractivity contribution >= 4 is 5.91 Å². The van der Waals surface area contributed by atoms with Gasteiger partial charge in [0.2, 0.25) is 5.91 Å². The molecule has 1 aliphatic heterocycles. The van der Waals surface area contributed by atoms with Crippen molar-refractivity contribution in [2.45, 2.75) is 59.0 Å². The molecule has 2 rings (SSSR count). The second-order valence-corrected chi connectivity index (χ2v) is 7.09. The predicted molar refractivity (Wildman–Crippen MR) is 87.2 cm³/mol. The highest BCUT2D eigenvalue weighted by Gasteiger charge is 2.36. The summed E-state index contributed by atoms with van der Waals surface area (Å²) in [5.74, 6) is 0.661. The summed E-state index contributed by atoms with van der Waals surface area (Å²) in [6.45, 7) is 10.2. The minimum absolute atomic E-state index is 0.0316. The van der Waals surface area contributed by atoms with Gasteiger partial charge < -0.3 is 10.6 Å². The average Bonchev–Trinajstić information content (AvgIpc) is 2.44. The summed E-state index contributed by atoms with van der Waals surface area (Å²) in [5.41, 5.74) is 2.52. The molecule has 0 bridgehead atoms. The first-order chi connectivity index (χ1) is 9.90. The second kappa shape index (κ2) is 6.61. The van der Waals surface area contributed by atoms with Gasteiger partial charge in [-0.15, -0.1) is 0 Å². The van der Waals surface area contributed by atoms with Gasteiger partial charge in [-0.2, -0.15) is 0 Å². The van der Waals surface area contributed by atoms with Crippen molar-refractivity contribution in [1.82, 2.24) is 10.6 Å². The molecule has 1 aromatic carbocycles. The predicted octanol–water partition coefficient (Wildman–Crippen LogP) is 3.20. The molecule has 1 atom stereocenters. The third kappa shape index (κ3) is 4.07. The first kappa shape index (κ1) is 16.0. The lowest BCUT2D eigenvalue weighted by molar-refractivity contribution is -0.126. The third-order valence-corrected chi connectivity index (χ3v) is 4.50. The summed E-state index contributed by atoms with van der Waals surface area (Å²) < 4.78 is 0. The van der Waals surface area contributed by atoms with Crippen molar-refractivity contribution in [2.75, 3.05) is 6.54 Å². The van der Waals surface area contributed by atoms with Crippen molar-refractivity contribution in [3.05, 3.63) is 35.4 Å². The number of hydrogen-bond acceptors (Lipinski definition) is 2. The number of benzene rings is 1. The molecule has 1 amide bonds. The first-order valence-electron chi connectivity index (χ1n) is 8.00. The van der Waals surface area contributed by atoms with E-state index in [2.05, 4.69) is 62.6 Å². The van der Waals surface area contributed by atoms with Crippen molar-refractivity contribution in [1.29, 1.82) is 0 Å². The monoisotopic (exact) mass is 288 g/mol. The molecule has 21 heavy (non-hydrogen) atoms. The first-order valence-corrected chi connectivity index (χ1v) is 8.00. The molecular formula is C18H28N2O. The van der Waals surface area contributed by atoms with E-state index in [9.17, 15) is 4.79 Å². The van der Waals surface area contributed by atoms with Gasteiger partial charge >= 0.3 is 0 Å². The zero-order chi connectivity index (χ0) is 15.5. The fraction of sp³-hybridized carbons (Fsp3) is 0.611. The molecule has 1 fully saturated rings. The van der Waals surface area contributed by atoms with Crippen LogP contribution in [0.15, 0.2) is 24.3 Å². The molecule has 0 radical (unpaired) electrons. The minimum Gasteiger partial charge on any atom is -0.351 e. The Balaban J connectivity index is 1.91. The topological polar surface area (TPSA) is 41.1 Å². The summed E-state index contributed by atoms with van der Waals surface area (Å²) in [6, 6.07) is 8.43. The van der Waals surface area contributed by atoms with Crippen LogP contribution in [-0.4, -0.2) is 18.5 Å². The van der Waals surface area contributed by atoms with Crippen molar-refractivity contribution < 1.29 is 4.79 Å². The zero-order valence-electron chi connectivity index (χ0n) is 13.7. The maximum atomic E-state index is 12.4. The van der Waals surface area contributed by atoms with Gasteiger partial charge in [-0.3, -0.25) is 4.79 Å². The smallest absolute Gasteiger partial charge is 0.237 e. The molecular weight excluding hydrogens is 260 g/mol. The Kier molecular flexibility index (Phi) is 5.04. The number of carbonyl (C=O) groups excluding carboxylic acids is 1. The Labute approximate surface area is 128 Å². The van der Waals surface area contributed by atoms with E-state index >= 15 is 0 Å². The van der Waals surface area contributed by atoms with E-state index in [0.29, 0.717) is 12.5 Å². The molecule has 116 valence electrons. The second-order valence-electron chi connectivity index (χ2n) is 7.09. The maximum Gasteiger partial charge on any atom is 0.237 e. The van der Waals surface area contributed by atoms with Crippen LogP contribution in [0.5, 0.6) is 0 Å². The van der Waals surface area contributed by atoms with Crippen LogP contribution in [0.3, 0.4) is 0 Å². The Morgan fingerprint density at radius 3 is 2.57 bits per heavy atom. The van der Waals surface area contributed by atoms with Gasteiger partial charge in [0.05, 0.1) is 6.04 Å². The minimum atomic E-state index is -0.0822. The number of nitrogens with one attached hydrogen (secondary N) is 2. The number of hydrogen-bond donors (Lipinski definition) is 2. The van der Waals surface area contributed by atoms with E-state index in [-0.39, 0.29) is 17.4 Å². The Morgan fingerprint density at radius 2 is 2.00 bits per heavy atom. The average molecular weight is 288 g/mol. The van der Waals surface area contributed by atoms with Gasteiger partial charge in [-0.1, -0.05) is 52.0 Å². The summed E-state index contributed by atoms with van der Waals surface area (Å²) in [5, 5.41) is 6.43. The van der Waals surface area contributed by atoms with Crippen LogP contribution in [0, 0.1) is 5.41 Å². The highest BCUT2D eigenvalue weighted by atomic mass is 16.2. The lowest BCUT2D eigenvalue weighted by Crippen LogP contribution is -2.55. The molecule has 0 saturated carbocycles. The number of amides is 1. The van der Waals surface area contributed by atoms with E-state index in [1.165, 1.54) is 5.56 Å². The quantitative estimate of drug-likeness (QED) is 0.893. The highest BCUT2D eigenvalue weighted by Crippen LogP contribution is 2.30. The fourth-order valence-electron chi connectivity index (χ4n) is 2.97. The molecule has 1 heterocycles. The number of carbonyl (C=O) groups is 1. The summed E-state index contributed by atoms with van der Waals surface area (Å²) >= 11 is 0. The van der Waals surface area contributed by atoms with Crippen LogP contribution < -0.4 is 10.6 Å². The van der Waals surface area contributed by atoms with Gasteiger partial charge in [0.15, 0.2) is 0 Å². The Morgan fingerprint density at radius 1 is 1.33 bits per heavy atom. The molecule has 0 aromatic heterocycles. The SMILES string of the molecule is CC(C)c1ccc(CNC(=O)C2NCCCC2(C)C)cc1. The molecule has 1 aliphatic rings. The number of piperidine rings is 1. The summed E-state index contributed by atoms with van der Waals surface area (Å²) in [6.07, 6.45) is 2.24. The molecule has 3 heteroatoms. The van der Waals surface area contributed by atoms with Crippen LogP contribution >= 0.6 is 0 Å². The Hall–Kier alpha value is -1.35. The lowest BCUT2D eigenvalue weighted by Gasteiger charge is -2.38. The normalized spacial score (nSPS) is 21.3. The van der Waals surface area contributed by atoms with E-state index in [0.717, 1.165) is 24.9 Å². The van der Waals surface area contributed by atoms with Crippen molar-refractivity contribution in [2.24, 2.45) is 5.41 Å². The van der Waals surface area contributed by atoms with Crippen LogP contribution in [0.1, 0.15) is 57.6 Å². The Bertz CT molecular complexity index is 476. The third-order valence-electron chi connectivity index (χ3n) is 4.50. The van der Waals surface area contributed by atoms with E-state index in [1.807, 2.05) is 0 Å². The lowest BCUT2D eigenvalue weighted by atomic mass is 9.77. The molecule has 0 aliphatic carbocycles. The van der Waals surface area contributed by atoms with Crippen LogP contribution in [0.25, 0.3) is 0 Å². The van der Waals surface area contributed by atoms with Crippen LogP contribution in [-0.2, 0) is 11.3 Å². The van der Waals surface area contributed by atoms with Gasteiger partial charge in [0.1, 0.15) is 0 Å². The molecule has 1 saturated heterocycles. The maximum absolute atomic E-state index is 12.4. The molecule has 1 unspecified atom stereocenters. The molecule has 2 N–H and O–H groups in total. The summed E-state index contributed by atoms with van der Waals surface area (Å²) in [4.78, 5) is 12.4. The number of rotatable bonds is 4. The van der Waals surface area contributed by atoms with E-state index < -0.39 is 0 Å². The van der Waals surface area contributed by atoms with E-state index in [4.69, 9.17) is 0 Å². The van der Waals surface area contributed by atoms with Crippen LogP contribution in [0.2, 0.25) is 0 Å². The summed E-state index contributed by atoms with van der Waals surface area (Å²) in [7, 11) is 0. The molecule has 1 aromatic rings. The fourth-order valence-corrected chi connectivity index (χ4v) is 2.97. The van der Waals surface area contributed by atoms with Gasteiger partial charge in [0, 0.05) is 6.54 Å². The zero-order valence-corrected chi connectivity index (χ0v) is 13.7. The molecule has 0 spiro atoms. The van der Waals surface area contributed by atoms with Gasteiger partial charge in [0.25, 0.3) is 0 Å². The molecule has 3 nitrogen and oxygen atoms in total. The van der Waals surface area contributed by atoms with Gasteiger partial charge in [-0.05, 0) is 41.8 Å². The van der Waals surface area contributed by atoms with Gasteiger partial charge in [-0.25, -0.2) is 0 Å². The standard InChI is InChI=1S/C18H28N2O/c1-13(2)15-8-6-14(7-9-15)12-20-17(21)16-18(3,4)10-5-11-19-16/h6-9,13,16,19H,5,10-12H2,1-4H3,(H,20,21).